The summed E-state index contributed by atoms with van der Waals surface area (Å²) in [4.78, 5) is 14.9. The molecule has 1 N–H and O–H groups in total. The van der Waals surface area contributed by atoms with E-state index in [2.05, 4.69) is 15.3 Å². The Morgan fingerprint density at radius 3 is 2.69 bits per heavy atom. The molecule has 4 rings (SSSR count). The van der Waals surface area contributed by atoms with E-state index in [-0.39, 0.29) is 17.8 Å². The van der Waals surface area contributed by atoms with Crippen LogP contribution in [0.5, 0.6) is 0 Å². The number of nitrogens with zero attached hydrogens (tertiary/aromatic N) is 3. The molecule has 2 fully saturated rings. The minimum atomic E-state index is -0.189. The van der Waals surface area contributed by atoms with E-state index < -0.39 is 0 Å². The lowest BCUT2D eigenvalue weighted by molar-refractivity contribution is 0.0899. The third-order valence-electron chi connectivity index (χ3n) is 5.34. The number of carbonyl (C=O) groups excluding carboxylic acids is 1. The van der Waals surface area contributed by atoms with Crippen LogP contribution in [-0.4, -0.2) is 39.7 Å². The molecule has 1 saturated heterocycles. The van der Waals surface area contributed by atoms with Crippen molar-refractivity contribution in [3.8, 4) is 0 Å². The molecule has 1 aliphatic heterocycles. The van der Waals surface area contributed by atoms with Crippen LogP contribution in [0, 0.1) is 5.82 Å². The third kappa shape index (κ3) is 3.96. The van der Waals surface area contributed by atoms with E-state index in [9.17, 15) is 9.18 Å². The summed E-state index contributed by atoms with van der Waals surface area (Å²) in [5.41, 5.74) is 2.69. The van der Waals surface area contributed by atoms with Crippen molar-refractivity contribution in [2.45, 2.75) is 44.2 Å². The van der Waals surface area contributed by atoms with Gasteiger partial charge in [-0.1, -0.05) is 12.1 Å². The number of halogens is 1. The zero-order valence-electron chi connectivity index (χ0n) is 15.1. The SMILES string of the molecule is Cn1nc(C2CC2)cc1C(=O)NC1CCN(Cc2cccc(F)c2)CC1. The lowest BCUT2D eigenvalue weighted by Gasteiger charge is -2.32. The number of nitrogens with one attached hydrogen (secondary N) is 1. The largest absolute Gasteiger partial charge is 0.348 e. The number of piperidine rings is 1. The van der Waals surface area contributed by atoms with Gasteiger partial charge in [-0.3, -0.25) is 14.4 Å². The molecule has 0 unspecified atom stereocenters. The first-order valence-electron chi connectivity index (χ1n) is 9.40. The van der Waals surface area contributed by atoms with Gasteiger partial charge in [0.05, 0.1) is 5.69 Å². The molecule has 2 aromatic rings. The first-order valence-corrected chi connectivity index (χ1v) is 9.40. The number of hydrogen-bond donors (Lipinski definition) is 1. The first kappa shape index (κ1) is 17.2. The summed E-state index contributed by atoms with van der Waals surface area (Å²) in [5.74, 6) is 0.329. The molecule has 1 aromatic heterocycles. The molecule has 1 amide bonds. The molecule has 0 atom stereocenters. The van der Waals surface area contributed by atoms with Crippen LogP contribution >= 0.6 is 0 Å². The number of benzene rings is 1. The molecule has 2 heterocycles. The monoisotopic (exact) mass is 356 g/mol. The van der Waals surface area contributed by atoms with Gasteiger partial charge in [0.15, 0.2) is 0 Å². The molecule has 6 heteroatoms. The van der Waals surface area contributed by atoms with E-state index in [1.54, 1.807) is 16.8 Å². The lowest BCUT2D eigenvalue weighted by Crippen LogP contribution is -2.44. The second-order valence-electron chi connectivity index (χ2n) is 7.51. The fraction of sp³-hybridized carbons (Fsp3) is 0.500. The van der Waals surface area contributed by atoms with Crippen LogP contribution in [0.3, 0.4) is 0 Å². The van der Waals surface area contributed by atoms with Gasteiger partial charge in [0.25, 0.3) is 5.91 Å². The summed E-state index contributed by atoms with van der Waals surface area (Å²) in [6, 6.07) is 8.89. The van der Waals surface area contributed by atoms with Gasteiger partial charge in [-0.15, -0.1) is 0 Å². The van der Waals surface area contributed by atoms with Crippen molar-refractivity contribution in [2.24, 2.45) is 7.05 Å². The fourth-order valence-corrected chi connectivity index (χ4v) is 3.67. The maximum absolute atomic E-state index is 13.3. The Hall–Kier alpha value is -2.21. The molecular formula is C20H25FN4O. The Morgan fingerprint density at radius 1 is 1.23 bits per heavy atom. The second-order valence-corrected chi connectivity index (χ2v) is 7.51. The van der Waals surface area contributed by atoms with E-state index in [1.807, 2.05) is 19.2 Å². The number of likely N-dealkylation sites (tertiary alicyclic amines) is 1. The number of rotatable bonds is 5. The molecule has 1 saturated carbocycles. The van der Waals surface area contributed by atoms with Gasteiger partial charge in [-0.2, -0.15) is 5.10 Å². The summed E-state index contributed by atoms with van der Waals surface area (Å²) in [7, 11) is 1.84. The normalized spacial score (nSPS) is 18.8. The van der Waals surface area contributed by atoms with E-state index in [0.717, 1.165) is 43.7 Å². The van der Waals surface area contributed by atoms with Crippen molar-refractivity contribution >= 4 is 5.91 Å². The smallest absolute Gasteiger partial charge is 0.269 e. The quantitative estimate of drug-likeness (QED) is 0.896. The van der Waals surface area contributed by atoms with Crippen molar-refractivity contribution in [3.63, 3.8) is 0 Å². The molecule has 0 bridgehead atoms. The van der Waals surface area contributed by atoms with Gasteiger partial charge < -0.3 is 5.32 Å². The highest BCUT2D eigenvalue weighted by molar-refractivity contribution is 5.92. The van der Waals surface area contributed by atoms with E-state index in [0.29, 0.717) is 11.6 Å². The van der Waals surface area contributed by atoms with Gasteiger partial charge in [0, 0.05) is 38.6 Å². The van der Waals surface area contributed by atoms with Crippen LogP contribution in [0.2, 0.25) is 0 Å². The maximum atomic E-state index is 13.3. The minimum Gasteiger partial charge on any atom is -0.348 e. The number of carbonyl (C=O) groups is 1. The lowest BCUT2D eigenvalue weighted by atomic mass is 10.0. The van der Waals surface area contributed by atoms with Crippen LogP contribution < -0.4 is 5.32 Å². The van der Waals surface area contributed by atoms with E-state index >= 15 is 0 Å². The molecule has 0 spiro atoms. The zero-order chi connectivity index (χ0) is 18.1. The third-order valence-corrected chi connectivity index (χ3v) is 5.34. The highest BCUT2D eigenvalue weighted by atomic mass is 19.1. The number of aryl methyl sites for hydroxylation is 1. The van der Waals surface area contributed by atoms with Crippen molar-refractivity contribution in [3.05, 3.63) is 53.1 Å². The highest BCUT2D eigenvalue weighted by Gasteiger charge is 2.29. The Balaban J connectivity index is 1.29. The summed E-state index contributed by atoms with van der Waals surface area (Å²) < 4.78 is 15.0. The van der Waals surface area contributed by atoms with Crippen molar-refractivity contribution < 1.29 is 9.18 Å². The van der Waals surface area contributed by atoms with Crippen molar-refractivity contribution in [1.82, 2.24) is 20.0 Å². The topological polar surface area (TPSA) is 50.2 Å². The molecule has 1 aliphatic carbocycles. The van der Waals surface area contributed by atoms with Crippen molar-refractivity contribution in [1.29, 1.82) is 0 Å². The second kappa shape index (κ2) is 7.19. The fourth-order valence-electron chi connectivity index (χ4n) is 3.67. The number of amides is 1. The molecular weight excluding hydrogens is 331 g/mol. The van der Waals surface area contributed by atoms with E-state index in [1.165, 1.54) is 18.9 Å². The molecule has 138 valence electrons. The van der Waals surface area contributed by atoms with Gasteiger partial charge in [-0.05, 0) is 49.4 Å². The minimum absolute atomic E-state index is 0.0320. The Morgan fingerprint density at radius 2 is 2.00 bits per heavy atom. The van der Waals surface area contributed by atoms with Crippen LogP contribution in [0.15, 0.2) is 30.3 Å². The summed E-state index contributed by atoms with van der Waals surface area (Å²) in [6.45, 7) is 2.56. The molecule has 0 radical (unpaired) electrons. The van der Waals surface area contributed by atoms with Gasteiger partial charge in [0.1, 0.15) is 11.5 Å². The van der Waals surface area contributed by atoms with Crippen LogP contribution in [0.25, 0.3) is 0 Å². The molecule has 5 nitrogen and oxygen atoms in total. The summed E-state index contributed by atoms with van der Waals surface area (Å²) >= 11 is 0. The standard InChI is InChI=1S/C20H25FN4O/c1-24-19(12-18(23-24)15-5-6-15)20(26)22-17-7-9-25(10-8-17)13-14-3-2-4-16(21)11-14/h2-4,11-12,15,17H,5-10,13H2,1H3,(H,22,26). The Bertz CT molecular complexity index is 791. The number of aromatic nitrogens is 2. The molecule has 1 aromatic carbocycles. The summed E-state index contributed by atoms with van der Waals surface area (Å²) in [6.07, 6.45) is 4.19. The van der Waals surface area contributed by atoms with Crippen LogP contribution in [0.1, 0.15) is 53.3 Å². The van der Waals surface area contributed by atoms with Crippen LogP contribution in [-0.2, 0) is 13.6 Å². The summed E-state index contributed by atoms with van der Waals surface area (Å²) in [5, 5.41) is 7.63. The van der Waals surface area contributed by atoms with E-state index in [4.69, 9.17) is 0 Å². The predicted molar refractivity (Wildman–Crippen MR) is 97.3 cm³/mol. The maximum Gasteiger partial charge on any atom is 0.269 e. The predicted octanol–water partition coefficient (Wildman–Crippen LogP) is 2.83. The Labute approximate surface area is 153 Å². The first-order chi connectivity index (χ1) is 12.6. The molecule has 2 aliphatic rings. The average molecular weight is 356 g/mol. The average Bonchev–Trinajstić information content (AvgIpc) is 3.39. The van der Waals surface area contributed by atoms with Crippen LogP contribution in [0.4, 0.5) is 4.39 Å². The highest BCUT2D eigenvalue weighted by Crippen LogP contribution is 2.39. The number of hydrogen-bond acceptors (Lipinski definition) is 3. The zero-order valence-corrected chi connectivity index (χ0v) is 15.1. The van der Waals surface area contributed by atoms with Gasteiger partial charge >= 0.3 is 0 Å². The molecule has 26 heavy (non-hydrogen) atoms. The van der Waals surface area contributed by atoms with Crippen molar-refractivity contribution in [2.75, 3.05) is 13.1 Å². The van der Waals surface area contributed by atoms with Gasteiger partial charge in [0.2, 0.25) is 0 Å². The Kier molecular flexibility index (Phi) is 4.76. The van der Waals surface area contributed by atoms with Gasteiger partial charge in [-0.25, -0.2) is 4.39 Å².